The van der Waals surface area contributed by atoms with Crippen molar-refractivity contribution in [1.29, 1.82) is 0 Å². The average Bonchev–Trinajstić information content (AvgIpc) is 3.12. The lowest BCUT2D eigenvalue weighted by Gasteiger charge is -2.27. The summed E-state index contributed by atoms with van der Waals surface area (Å²) < 4.78 is 11.6. The van der Waals surface area contributed by atoms with Crippen LogP contribution in [0, 0.1) is 11.8 Å². The Morgan fingerprint density at radius 3 is 2.79 bits per heavy atom. The third kappa shape index (κ3) is 2.91. The Labute approximate surface area is 202 Å². The van der Waals surface area contributed by atoms with Crippen molar-refractivity contribution in [1.82, 2.24) is 19.0 Å². The number of rotatable bonds is 5. The quantitative estimate of drug-likeness (QED) is 0.468. The second kappa shape index (κ2) is 7.33. The van der Waals surface area contributed by atoms with Crippen LogP contribution in [0.1, 0.15) is 36.0 Å². The van der Waals surface area contributed by atoms with Crippen LogP contribution in [0.3, 0.4) is 0 Å². The molecule has 2 saturated carbocycles. The van der Waals surface area contributed by atoms with Gasteiger partial charge >= 0.3 is 0 Å². The molecule has 176 valence electrons. The molecule has 1 aliphatic heterocycles. The van der Waals surface area contributed by atoms with Crippen LogP contribution in [-0.4, -0.2) is 50.7 Å². The van der Waals surface area contributed by atoms with E-state index in [0.29, 0.717) is 17.2 Å². The van der Waals surface area contributed by atoms with Crippen LogP contribution in [0.4, 0.5) is 0 Å². The second-order valence-corrected chi connectivity index (χ2v) is 11.2. The summed E-state index contributed by atoms with van der Waals surface area (Å²) in [5.41, 5.74) is 11.1. The molecule has 2 bridgehead atoms. The number of hydrogen-bond acceptors (Lipinski definition) is 5. The predicted molar refractivity (Wildman–Crippen MR) is 134 cm³/mol. The van der Waals surface area contributed by atoms with E-state index in [2.05, 4.69) is 26.6 Å². The van der Waals surface area contributed by atoms with Crippen molar-refractivity contribution in [2.24, 2.45) is 24.6 Å². The van der Waals surface area contributed by atoms with Gasteiger partial charge in [0.15, 0.2) is 5.82 Å². The molecule has 0 spiro atoms. The van der Waals surface area contributed by atoms with Gasteiger partial charge in [0, 0.05) is 37.8 Å². The number of benzene rings is 1. The van der Waals surface area contributed by atoms with E-state index in [-0.39, 0.29) is 18.0 Å². The van der Waals surface area contributed by atoms with Crippen LogP contribution in [-0.2, 0) is 13.6 Å². The Balaban J connectivity index is 1.34. The standard InChI is InChI=1S/C26H29N5O2S/c1-29-24-17(28-25(29)20-11-22-18(7-8-34-22)30(20)12-14-3-4-14)9-16(10-21(24)33-2)26(32)31-13-15-5-6-19(31)23(15)27/h7-11,14-15,19,23H,3-6,12-13,27H2,1-2H3/t15-,19-,23-/m1/s1. The molecule has 0 unspecified atom stereocenters. The van der Waals surface area contributed by atoms with Gasteiger partial charge in [-0.05, 0) is 67.2 Å². The van der Waals surface area contributed by atoms with Crippen molar-refractivity contribution in [2.45, 2.75) is 44.3 Å². The van der Waals surface area contributed by atoms with Gasteiger partial charge in [-0.2, -0.15) is 0 Å². The normalized spacial score (nSPS) is 24.1. The van der Waals surface area contributed by atoms with Gasteiger partial charge in [0.25, 0.3) is 5.91 Å². The van der Waals surface area contributed by atoms with Crippen LogP contribution >= 0.6 is 11.3 Å². The summed E-state index contributed by atoms with van der Waals surface area (Å²) in [5, 5.41) is 2.16. The Morgan fingerprint density at radius 2 is 2.09 bits per heavy atom. The fourth-order valence-electron chi connectivity index (χ4n) is 6.18. The van der Waals surface area contributed by atoms with Crippen molar-refractivity contribution >= 4 is 38.5 Å². The largest absolute Gasteiger partial charge is 0.494 e. The number of ether oxygens (including phenoxy) is 1. The summed E-state index contributed by atoms with van der Waals surface area (Å²) in [7, 11) is 3.70. The van der Waals surface area contributed by atoms with E-state index in [4.69, 9.17) is 15.5 Å². The van der Waals surface area contributed by atoms with Crippen LogP contribution in [0.5, 0.6) is 5.75 Å². The summed E-state index contributed by atoms with van der Waals surface area (Å²) in [6.45, 7) is 1.78. The maximum atomic E-state index is 13.5. The minimum Gasteiger partial charge on any atom is -0.494 e. The monoisotopic (exact) mass is 475 g/mol. The minimum atomic E-state index is 0.0349. The number of amides is 1. The van der Waals surface area contributed by atoms with Gasteiger partial charge in [-0.3, -0.25) is 4.79 Å². The molecule has 1 amide bonds. The highest BCUT2D eigenvalue weighted by molar-refractivity contribution is 7.17. The zero-order chi connectivity index (χ0) is 23.1. The van der Waals surface area contributed by atoms with E-state index < -0.39 is 0 Å². The second-order valence-electron chi connectivity index (χ2n) is 10.2. The number of carbonyl (C=O) groups is 1. The number of fused-ring (bicyclic) bond motifs is 4. The highest BCUT2D eigenvalue weighted by Gasteiger charge is 2.47. The zero-order valence-corrected chi connectivity index (χ0v) is 20.3. The van der Waals surface area contributed by atoms with Crippen molar-refractivity contribution in [3.8, 4) is 17.3 Å². The third-order valence-corrected chi connectivity index (χ3v) is 9.06. The van der Waals surface area contributed by atoms with Crippen molar-refractivity contribution in [3.05, 3.63) is 35.2 Å². The first-order chi connectivity index (χ1) is 16.5. The lowest BCUT2D eigenvalue weighted by Crippen LogP contribution is -2.41. The third-order valence-electron chi connectivity index (χ3n) is 8.20. The summed E-state index contributed by atoms with van der Waals surface area (Å²) >= 11 is 1.77. The van der Waals surface area contributed by atoms with E-state index in [9.17, 15) is 4.79 Å². The van der Waals surface area contributed by atoms with Crippen LogP contribution in [0.2, 0.25) is 0 Å². The number of piperidine rings is 1. The maximum Gasteiger partial charge on any atom is 0.254 e. The van der Waals surface area contributed by atoms with E-state index in [1.807, 2.05) is 24.1 Å². The molecular formula is C26H29N5O2S. The van der Waals surface area contributed by atoms with Gasteiger partial charge in [-0.1, -0.05) is 0 Å². The number of thiophene rings is 1. The molecule has 3 aliphatic rings. The molecule has 34 heavy (non-hydrogen) atoms. The molecule has 0 radical (unpaired) electrons. The Kier molecular flexibility index (Phi) is 4.42. The number of imidazole rings is 1. The van der Waals surface area contributed by atoms with Gasteiger partial charge in [0.05, 0.1) is 28.5 Å². The Morgan fingerprint density at radius 1 is 1.24 bits per heavy atom. The summed E-state index contributed by atoms with van der Waals surface area (Å²) in [6, 6.07) is 8.51. The predicted octanol–water partition coefficient (Wildman–Crippen LogP) is 4.24. The molecule has 3 fully saturated rings. The molecule has 4 heterocycles. The highest BCUT2D eigenvalue weighted by Crippen LogP contribution is 2.40. The van der Waals surface area contributed by atoms with Crippen molar-refractivity contribution in [2.75, 3.05) is 13.7 Å². The fraction of sp³-hybridized carbons (Fsp3) is 0.462. The molecule has 8 heteroatoms. The lowest BCUT2D eigenvalue weighted by molar-refractivity contribution is 0.0700. The van der Waals surface area contributed by atoms with Gasteiger partial charge in [0.2, 0.25) is 0 Å². The van der Waals surface area contributed by atoms with Gasteiger partial charge in [-0.25, -0.2) is 4.98 Å². The molecule has 3 aromatic heterocycles. The summed E-state index contributed by atoms with van der Waals surface area (Å²) in [4.78, 5) is 20.5. The number of hydrogen-bond donors (Lipinski definition) is 1. The first-order valence-corrected chi connectivity index (χ1v) is 13.1. The Hall–Kier alpha value is -2.84. The van der Waals surface area contributed by atoms with E-state index in [1.165, 1.54) is 23.1 Å². The molecule has 4 aromatic rings. The fourth-order valence-corrected chi connectivity index (χ4v) is 7.01. The van der Waals surface area contributed by atoms with Crippen LogP contribution in [0.15, 0.2) is 29.6 Å². The van der Waals surface area contributed by atoms with Crippen molar-refractivity contribution < 1.29 is 9.53 Å². The molecule has 3 atom stereocenters. The molecule has 7 rings (SSSR count). The number of carbonyl (C=O) groups excluding carboxylic acids is 1. The first kappa shape index (κ1) is 20.5. The topological polar surface area (TPSA) is 78.3 Å². The number of nitrogens with two attached hydrogens (primary N) is 1. The summed E-state index contributed by atoms with van der Waals surface area (Å²) in [5.74, 6) is 2.80. The lowest BCUT2D eigenvalue weighted by atomic mass is 10.1. The smallest absolute Gasteiger partial charge is 0.254 e. The minimum absolute atomic E-state index is 0.0349. The number of methoxy groups -OCH3 is 1. The van der Waals surface area contributed by atoms with E-state index in [0.717, 1.165) is 54.4 Å². The molecule has 1 saturated heterocycles. The maximum absolute atomic E-state index is 13.5. The number of likely N-dealkylation sites (tertiary alicyclic amines) is 1. The Bertz CT molecular complexity index is 1440. The molecule has 7 nitrogen and oxygen atoms in total. The number of aromatic nitrogens is 3. The zero-order valence-electron chi connectivity index (χ0n) is 19.5. The van der Waals surface area contributed by atoms with Gasteiger partial charge < -0.3 is 24.5 Å². The van der Waals surface area contributed by atoms with E-state index >= 15 is 0 Å². The molecular weight excluding hydrogens is 446 g/mol. The SMILES string of the molecule is COc1cc(C(=O)N2C[C@H]3CC[C@@H]2[C@@H]3N)cc2nc(-c3cc4sccc4n3CC3CC3)n(C)c12. The number of nitrogens with zero attached hydrogens (tertiary/aromatic N) is 4. The van der Waals surface area contributed by atoms with Crippen LogP contribution in [0.25, 0.3) is 32.8 Å². The highest BCUT2D eigenvalue weighted by atomic mass is 32.1. The molecule has 1 aromatic carbocycles. The molecule has 2 aliphatic carbocycles. The summed E-state index contributed by atoms with van der Waals surface area (Å²) in [6.07, 6.45) is 4.72. The molecule has 2 N–H and O–H groups in total. The van der Waals surface area contributed by atoms with E-state index in [1.54, 1.807) is 18.4 Å². The van der Waals surface area contributed by atoms with Crippen LogP contribution < -0.4 is 10.5 Å². The average molecular weight is 476 g/mol. The first-order valence-electron chi connectivity index (χ1n) is 12.2. The van der Waals surface area contributed by atoms with Crippen molar-refractivity contribution in [3.63, 3.8) is 0 Å². The van der Waals surface area contributed by atoms with Gasteiger partial charge in [0.1, 0.15) is 11.3 Å². The van der Waals surface area contributed by atoms with Gasteiger partial charge in [-0.15, -0.1) is 11.3 Å². The number of aryl methyl sites for hydroxylation is 1.